The molecular weight excluding hydrogens is 443 g/mol. The van der Waals surface area contributed by atoms with Gasteiger partial charge in [-0.15, -0.1) is 0 Å². The fourth-order valence-corrected chi connectivity index (χ4v) is 5.92. The number of nitrogens with zero attached hydrogens (tertiary/aromatic N) is 4. The van der Waals surface area contributed by atoms with Crippen molar-refractivity contribution in [2.45, 2.75) is 18.7 Å². The lowest BCUT2D eigenvalue weighted by molar-refractivity contribution is 0.0737. The largest absolute Gasteiger partial charge is 0.366 e. The van der Waals surface area contributed by atoms with Gasteiger partial charge in [0, 0.05) is 57.2 Å². The number of aryl methyl sites for hydroxylation is 1. The summed E-state index contributed by atoms with van der Waals surface area (Å²) in [4.78, 5) is 17.2. The molecule has 0 saturated carbocycles. The van der Waals surface area contributed by atoms with Crippen molar-refractivity contribution in [1.82, 2.24) is 13.8 Å². The molecule has 33 heavy (non-hydrogen) atoms. The molecular formula is C24H29FN4O3S. The Labute approximate surface area is 194 Å². The highest BCUT2D eigenvalue weighted by Crippen LogP contribution is 2.26. The first-order valence-electron chi connectivity index (χ1n) is 11.2. The molecule has 0 unspecified atom stereocenters. The molecule has 1 aliphatic rings. The molecule has 0 aliphatic carbocycles. The van der Waals surface area contributed by atoms with E-state index in [-0.39, 0.29) is 16.6 Å². The molecule has 1 aromatic heterocycles. The van der Waals surface area contributed by atoms with E-state index in [0.717, 1.165) is 5.52 Å². The molecule has 1 saturated heterocycles. The molecule has 1 aliphatic heterocycles. The zero-order valence-electron chi connectivity index (χ0n) is 19.2. The van der Waals surface area contributed by atoms with E-state index in [1.807, 2.05) is 25.8 Å². The molecule has 3 aromatic rings. The fourth-order valence-electron chi connectivity index (χ4n) is 4.43. The topological polar surface area (TPSA) is 65.9 Å². The quantitative estimate of drug-likeness (QED) is 0.552. The lowest BCUT2D eigenvalue weighted by atomic mass is 10.2. The van der Waals surface area contributed by atoms with Crippen molar-refractivity contribution in [3.8, 4) is 0 Å². The molecule has 0 bridgehead atoms. The van der Waals surface area contributed by atoms with Crippen molar-refractivity contribution < 1.29 is 17.6 Å². The first-order chi connectivity index (χ1) is 15.8. The molecule has 2 heterocycles. The molecule has 1 amide bonds. The fraction of sp³-hybridized carbons (Fsp3) is 0.375. The number of aromatic nitrogens is 1. The maximum Gasteiger partial charge on any atom is 0.270 e. The van der Waals surface area contributed by atoms with Gasteiger partial charge in [-0.1, -0.05) is 26.0 Å². The maximum atomic E-state index is 14.1. The number of benzene rings is 2. The number of carbonyl (C=O) groups is 1. The van der Waals surface area contributed by atoms with Crippen molar-refractivity contribution in [3.63, 3.8) is 0 Å². The average molecular weight is 473 g/mol. The van der Waals surface area contributed by atoms with Gasteiger partial charge >= 0.3 is 0 Å². The number of amides is 1. The summed E-state index contributed by atoms with van der Waals surface area (Å²) >= 11 is 0. The van der Waals surface area contributed by atoms with E-state index in [2.05, 4.69) is 0 Å². The molecule has 1 fully saturated rings. The number of anilines is 1. The number of piperazine rings is 1. The third kappa shape index (κ3) is 4.22. The number of sulfonamides is 1. The standard InChI is InChI=1S/C24H29FN4O3S/c1-4-29(5-2)33(31,32)19-10-11-21-18(16-19)17-23(26(21)3)24(30)28-14-12-27(13-15-28)22-9-7-6-8-20(22)25/h6-11,16-17H,4-5,12-15H2,1-3H3. The van der Waals surface area contributed by atoms with Crippen molar-refractivity contribution in [1.29, 1.82) is 0 Å². The van der Waals surface area contributed by atoms with Crippen LogP contribution in [-0.4, -0.2) is 67.4 Å². The van der Waals surface area contributed by atoms with E-state index in [9.17, 15) is 17.6 Å². The Morgan fingerprint density at radius 2 is 1.67 bits per heavy atom. The lowest BCUT2D eigenvalue weighted by Gasteiger charge is -2.36. The smallest absolute Gasteiger partial charge is 0.270 e. The van der Waals surface area contributed by atoms with Crippen molar-refractivity contribution >= 4 is 32.5 Å². The molecule has 0 radical (unpaired) electrons. The molecule has 2 aromatic carbocycles. The number of hydrogen-bond donors (Lipinski definition) is 0. The van der Waals surface area contributed by atoms with Crippen LogP contribution in [0, 0.1) is 5.82 Å². The number of para-hydroxylation sites is 1. The monoisotopic (exact) mass is 472 g/mol. The van der Waals surface area contributed by atoms with Crippen LogP contribution in [0.1, 0.15) is 24.3 Å². The van der Waals surface area contributed by atoms with Crippen LogP contribution >= 0.6 is 0 Å². The SMILES string of the molecule is CCN(CC)S(=O)(=O)c1ccc2c(c1)cc(C(=O)N1CCN(c3ccccc3F)CC1)n2C. The highest BCUT2D eigenvalue weighted by atomic mass is 32.2. The highest BCUT2D eigenvalue weighted by molar-refractivity contribution is 7.89. The van der Waals surface area contributed by atoms with Crippen LogP contribution in [0.4, 0.5) is 10.1 Å². The zero-order chi connectivity index (χ0) is 23.8. The van der Waals surface area contributed by atoms with E-state index >= 15 is 0 Å². The summed E-state index contributed by atoms with van der Waals surface area (Å²) in [5.74, 6) is -0.378. The Morgan fingerprint density at radius 1 is 1.00 bits per heavy atom. The van der Waals surface area contributed by atoms with Crippen molar-refractivity contribution in [2.75, 3.05) is 44.2 Å². The predicted molar refractivity (Wildman–Crippen MR) is 128 cm³/mol. The average Bonchev–Trinajstić information content (AvgIpc) is 3.15. The van der Waals surface area contributed by atoms with Gasteiger partial charge in [0.1, 0.15) is 11.5 Å². The summed E-state index contributed by atoms with van der Waals surface area (Å²) in [6.07, 6.45) is 0. The summed E-state index contributed by atoms with van der Waals surface area (Å²) in [6.45, 7) is 6.47. The van der Waals surface area contributed by atoms with Gasteiger partial charge in [-0.2, -0.15) is 4.31 Å². The summed E-state index contributed by atoms with van der Waals surface area (Å²) in [7, 11) is -1.77. The maximum absolute atomic E-state index is 14.1. The lowest BCUT2D eigenvalue weighted by Crippen LogP contribution is -2.49. The second-order valence-corrected chi connectivity index (χ2v) is 10.1. The Kier molecular flexibility index (Phi) is 6.45. The van der Waals surface area contributed by atoms with Gasteiger partial charge in [-0.25, -0.2) is 12.8 Å². The number of rotatable bonds is 6. The minimum absolute atomic E-state index is 0.116. The second kappa shape index (κ2) is 9.15. The Morgan fingerprint density at radius 3 is 2.30 bits per heavy atom. The molecule has 9 heteroatoms. The minimum atomic E-state index is -3.58. The first-order valence-corrected chi connectivity index (χ1v) is 12.6. The van der Waals surface area contributed by atoms with E-state index in [1.54, 1.807) is 51.9 Å². The van der Waals surface area contributed by atoms with E-state index in [1.165, 1.54) is 10.4 Å². The Bertz CT molecular complexity index is 1280. The van der Waals surface area contributed by atoms with Crippen LogP contribution in [-0.2, 0) is 17.1 Å². The first kappa shape index (κ1) is 23.3. The van der Waals surface area contributed by atoms with Gasteiger partial charge < -0.3 is 14.4 Å². The summed E-state index contributed by atoms with van der Waals surface area (Å²) in [6, 6.07) is 13.4. The van der Waals surface area contributed by atoms with Gasteiger partial charge in [-0.05, 0) is 36.4 Å². The number of hydrogen-bond acceptors (Lipinski definition) is 4. The normalized spacial score (nSPS) is 14.9. The van der Waals surface area contributed by atoms with Crippen LogP contribution < -0.4 is 4.90 Å². The minimum Gasteiger partial charge on any atom is -0.366 e. The molecule has 0 N–H and O–H groups in total. The Hall–Kier alpha value is -2.91. The molecule has 0 spiro atoms. The molecule has 7 nitrogen and oxygen atoms in total. The number of fused-ring (bicyclic) bond motifs is 1. The van der Waals surface area contributed by atoms with E-state index in [4.69, 9.17) is 0 Å². The summed E-state index contributed by atoms with van der Waals surface area (Å²) in [5.41, 5.74) is 1.85. The van der Waals surface area contributed by atoms with Crippen LogP contribution in [0.2, 0.25) is 0 Å². The van der Waals surface area contributed by atoms with Gasteiger partial charge in [-0.3, -0.25) is 4.79 Å². The highest BCUT2D eigenvalue weighted by Gasteiger charge is 2.27. The predicted octanol–water partition coefficient (Wildman–Crippen LogP) is 3.31. The molecule has 176 valence electrons. The second-order valence-electron chi connectivity index (χ2n) is 8.13. The van der Waals surface area contributed by atoms with E-state index < -0.39 is 10.0 Å². The number of carbonyl (C=O) groups excluding carboxylic acids is 1. The third-order valence-corrected chi connectivity index (χ3v) is 8.38. The third-order valence-electron chi connectivity index (χ3n) is 6.34. The van der Waals surface area contributed by atoms with Crippen LogP contribution in [0.3, 0.4) is 0 Å². The van der Waals surface area contributed by atoms with Gasteiger partial charge in [0.25, 0.3) is 5.91 Å². The van der Waals surface area contributed by atoms with Crippen molar-refractivity contribution in [3.05, 3.63) is 60.0 Å². The number of halogens is 1. The van der Waals surface area contributed by atoms with Crippen LogP contribution in [0.5, 0.6) is 0 Å². The zero-order valence-corrected chi connectivity index (χ0v) is 20.0. The van der Waals surface area contributed by atoms with E-state index in [0.29, 0.717) is 56.0 Å². The van der Waals surface area contributed by atoms with Gasteiger partial charge in [0.15, 0.2) is 0 Å². The van der Waals surface area contributed by atoms with Crippen LogP contribution in [0.25, 0.3) is 10.9 Å². The van der Waals surface area contributed by atoms with Crippen molar-refractivity contribution in [2.24, 2.45) is 7.05 Å². The van der Waals surface area contributed by atoms with Crippen LogP contribution in [0.15, 0.2) is 53.4 Å². The molecule has 0 atom stereocenters. The Balaban J connectivity index is 1.56. The van der Waals surface area contributed by atoms with Gasteiger partial charge in [0.05, 0.1) is 10.6 Å². The van der Waals surface area contributed by atoms with Gasteiger partial charge in [0.2, 0.25) is 10.0 Å². The molecule has 4 rings (SSSR count). The summed E-state index contributed by atoms with van der Waals surface area (Å²) < 4.78 is 43.1. The summed E-state index contributed by atoms with van der Waals surface area (Å²) in [5, 5.41) is 0.707.